The van der Waals surface area contributed by atoms with Gasteiger partial charge in [0.15, 0.2) is 6.29 Å². The molecule has 0 spiro atoms. The van der Waals surface area contributed by atoms with Crippen LogP contribution in [0.5, 0.6) is 0 Å². The number of Topliss-reactive ketones (excluding diaryl/α,β-unsaturated/α-hetero) is 1. The molecule has 4 aliphatic carbocycles. The van der Waals surface area contributed by atoms with Gasteiger partial charge < -0.3 is 19.7 Å². The molecule has 0 bridgehead atoms. The molecule has 10 atom stereocenters. The van der Waals surface area contributed by atoms with E-state index in [1.165, 1.54) is 19.3 Å². The van der Waals surface area contributed by atoms with E-state index < -0.39 is 17.8 Å². The number of ether oxygens (including phenoxy) is 2. The molecule has 0 aromatic heterocycles. The van der Waals surface area contributed by atoms with E-state index in [1.807, 2.05) is 6.92 Å². The zero-order valence-corrected chi connectivity index (χ0v) is 24.6. The van der Waals surface area contributed by atoms with E-state index in [-0.39, 0.29) is 33.9 Å². The number of carbonyl (C=O) groups is 1. The summed E-state index contributed by atoms with van der Waals surface area (Å²) in [4.78, 5) is 12.9. The van der Waals surface area contributed by atoms with Crippen molar-refractivity contribution in [3.8, 4) is 0 Å². The summed E-state index contributed by atoms with van der Waals surface area (Å²) in [5, 5.41) is 21.4. The third kappa shape index (κ3) is 3.88. The lowest BCUT2D eigenvalue weighted by Gasteiger charge is -2.63. The Bertz CT molecular complexity index is 947. The van der Waals surface area contributed by atoms with E-state index in [4.69, 9.17) is 9.47 Å². The highest BCUT2D eigenvalue weighted by molar-refractivity contribution is 5.85. The highest BCUT2D eigenvalue weighted by atomic mass is 16.7. The molecule has 5 heteroatoms. The van der Waals surface area contributed by atoms with Gasteiger partial charge in [-0.25, -0.2) is 0 Å². The first-order chi connectivity index (χ1) is 17.1. The summed E-state index contributed by atoms with van der Waals surface area (Å²) in [6.07, 6.45) is 9.07. The number of fused-ring (bicyclic) bond motifs is 5. The zero-order valence-electron chi connectivity index (χ0n) is 24.6. The van der Waals surface area contributed by atoms with Gasteiger partial charge in [0.05, 0.1) is 11.7 Å². The fraction of sp³-hybridized carbons (Fsp3) is 0.906. The predicted molar refractivity (Wildman–Crippen MR) is 145 cm³/mol. The second-order valence-corrected chi connectivity index (χ2v) is 15.1. The first kappa shape index (κ1) is 27.8. The number of carbonyl (C=O) groups excluding carboxylic acids is 1. The van der Waals surface area contributed by atoms with Crippen molar-refractivity contribution in [2.24, 2.45) is 45.3 Å². The number of aliphatic hydroxyl groups excluding tert-OH is 1. The van der Waals surface area contributed by atoms with Crippen LogP contribution in [0.1, 0.15) is 107 Å². The van der Waals surface area contributed by atoms with Crippen molar-refractivity contribution in [1.82, 2.24) is 0 Å². The number of aliphatic hydroxyl groups is 2. The van der Waals surface area contributed by atoms with E-state index in [0.29, 0.717) is 30.1 Å². The van der Waals surface area contributed by atoms with Gasteiger partial charge in [0, 0.05) is 24.4 Å². The molecule has 4 fully saturated rings. The lowest BCUT2D eigenvalue weighted by atomic mass is 9.41. The Morgan fingerprint density at radius 1 is 1.14 bits per heavy atom. The lowest BCUT2D eigenvalue weighted by molar-refractivity contribution is -0.193. The molecule has 210 valence electrons. The monoisotopic (exact) mass is 516 g/mol. The standard InChI is InChI=1S/C32H52O5/c1-9-36-27-19(18-23(37-27)26(34)29(4,5)35)20-12-16-32(8)22-10-11-24-28(2,3)25(33)14-15-30(24,6)21(22)13-17-31(20,32)7/h10,19-21,23-24,26-27,34-35H,9,11-18H2,1-8H3/t19-,20+,21-,23-,24+,26-,27-,30-,31+,32-/m1/s1. The molecule has 5 nitrogen and oxygen atoms in total. The third-order valence-electron chi connectivity index (χ3n) is 12.7. The Morgan fingerprint density at radius 2 is 1.84 bits per heavy atom. The highest BCUT2D eigenvalue weighted by Crippen LogP contribution is 2.73. The molecular weight excluding hydrogens is 464 g/mol. The number of ketones is 1. The van der Waals surface area contributed by atoms with Crippen molar-refractivity contribution in [3.63, 3.8) is 0 Å². The molecule has 5 rings (SSSR count). The van der Waals surface area contributed by atoms with Crippen LogP contribution in [0.25, 0.3) is 0 Å². The molecular formula is C32H52O5. The summed E-state index contributed by atoms with van der Waals surface area (Å²) >= 11 is 0. The van der Waals surface area contributed by atoms with Crippen molar-refractivity contribution in [2.45, 2.75) is 131 Å². The number of hydrogen-bond acceptors (Lipinski definition) is 5. The van der Waals surface area contributed by atoms with Crippen molar-refractivity contribution in [1.29, 1.82) is 0 Å². The van der Waals surface area contributed by atoms with Crippen LogP contribution >= 0.6 is 0 Å². The van der Waals surface area contributed by atoms with Gasteiger partial charge in [-0.2, -0.15) is 0 Å². The summed E-state index contributed by atoms with van der Waals surface area (Å²) in [6, 6.07) is 0. The van der Waals surface area contributed by atoms with Gasteiger partial charge in [0.2, 0.25) is 0 Å². The summed E-state index contributed by atoms with van der Waals surface area (Å²) in [6.45, 7) is 17.8. The lowest BCUT2D eigenvalue weighted by Crippen LogP contribution is -2.57. The smallest absolute Gasteiger partial charge is 0.161 e. The maximum atomic E-state index is 12.9. The molecule has 1 aliphatic heterocycles. The van der Waals surface area contributed by atoms with Crippen molar-refractivity contribution in [2.75, 3.05) is 6.61 Å². The summed E-state index contributed by atoms with van der Waals surface area (Å²) in [5.41, 5.74) is 0.678. The van der Waals surface area contributed by atoms with E-state index in [2.05, 4.69) is 40.7 Å². The van der Waals surface area contributed by atoms with Gasteiger partial charge in [-0.3, -0.25) is 4.79 Å². The van der Waals surface area contributed by atoms with E-state index in [0.717, 1.165) is 32.1 Å². The van der Waals surface area contributed by atoms with Gasteiger partial charge in [-0.15, -0.1) is 0 Å². The molecule has 0 aromatic rings. The van der Waals surface area contributed by atoms with Crippen LogP contribution in [0, 0.1) is 45.3 Å². The third-order valence-corrected chi connectivity index (χ3v) is 12.7. The van der Waals surface area contributed by atoms with E-state index >= 15 is 0 Å². The van der Waals surface area contributed by atoms with Crippen LogP contribution < -0.4 is 0 Å². The van der Waals surface area contributed by atoms with E-state index in [1.54, 1.807) is 19.4 Å². The summed E-state index contributed by atoms with van der Waals surface area (Å²) < 4.78 is 12.5. The fourth-order valence-electron chi connectivity index (χ4n) is 10.3. The first-order valence-electron chi connectivity index (χ1n) is 15.0. The maximum absolute atomic E-state index is 12.9. The molecule has 0 aromatic carbocycles. The van der Waals surface area contributed by atoms with Gasteiger partial charge in [-0.05, 0) is 99.7 Å². The molecule has 3 saturated carbocycles. The summed E-state index contributed by atoms with van der Waals surface area (Å²) in [5.74, 6) is 2.09. The SMILES string of the molecule is CCO[C@@H]1O[C@@H]([C@@H](O)C(C)(C)O)C[C@@H]1[C@@H]1CC[C@]2(C)C3=CC[C@H]4C(C)(C)C(=O)CC[C@]4(C)[C@@H]3CC[C@@]12C. The number of hydrogen-bond donors (Lipinski definition) is 2. The minimum Gasteiger partial charge on any atom is -0.388 e. The highest BCUT2D eigenvalue weighted by Gasteiger charge is 2.66. The van der Waals surface area contributed by atoms with Crippen LogP contribution in [0.4, 0.5) is 0 Å². The number of rotatable bonds is 5. The van der Waals surface area contributed by atoms with Crippen molar-refractivity contribution >= 4 is 5.78 Å². The minimum atomic E-state index is -1.21. The average Bonchev–Trinajstić information content (AvgIpc) is 3.34. The van der Waals surface area contributed by atoms with Crippen LogP contribution in [0.2, 0.25) is 0 Å². The molecule has 5 aliphatic rings. The van der Waals surface area contributed by atoms with Gasteiger partial charge >= 0.3 is 0 Å². The Balaban J connectivity index is 1.46. The minimum absolute atomic E-state index is 0.129. The molecule has 0 unspecified atom stereocenters. The Hall–Kier alpha value is -0.750. The topological polar surface area (TPSA) is 76.0 Å². The molecule has 0 amide bonds. The quantitative estimate of drug-likeness (QED) is 0.435. The summed E-state index contributed by atoms with van der Waals surface area (Å²) in [7, 11) is 0. The largest absolute Gasteiger partial charge is 0.388 e. The maximum Gasteiger partial charge on any atom is 0.161 e. The van der Waals surface area contributed by atoms with Crippen LogP contribution in [-0.4, -0.2) is 46.7 Å². The van der Waals surface area contributed by atoms with Crippen LogP contribution in [-0.2, 0) is 14.3 Å². The molecule has 37 heavy (non-hydrogen) atoms. The first-order valence-corrected chi connectivity index (χ1v) is 15.0. The Morgan fingerprint density at radius 3 is 2.49 bits per heavy atom. The van der Waals surface area contributed by atoms with E-state index in [9.17, 15) is 15.0 Å². The second kappa shape index (κ2) is 8.88. The zero-order chi connectivity index (χ0) is 27.2. The molecule has 1 heterocycles. The molecule has 0 radical (unpaired) electrons. The fourth-order valence-corrected chi connectivity index (χ4v) is 10.3. The second-order valence-electron chi connectivity index (χ2n) is 15.1. The van der Waals surface area contributed by atoms with Crippen LogP contribution in [0.15, 0.2) is 11.6 Å². The normalized spacial score (nSPS) is 48.2. The Labute approximate surface area is 224 Å². The van der Waals surface area contributed by atoms with Crippen LogP contribution in [0.3, 0.4) is 0 Å². The molecule has 1 saturated heterocycles. The van der Waals surface area contributed by atoms with Crippen molar-refractivity contribution in [3.05, 3.63) is 11.6 Å². The number of allylic oxidation sites excluding steroid dienone is 2. The van der Waals surface area contributed by atoms with Crippen molar-refractivity contribution < 1.29 is 24.5 Å². The average molecular weight is 517 g/mol. The predicted octanol–water partition coefficient (Wildman–Crippen LogP) is 6.06. The Kier molecular flexibility index (Phi) is 6.67. The van der Waals surface area contributed by atoms with Gasteiger partial charge in [0.25, 0.3) is 0 Å². The van der Waals surface area contributed by atoms with Gasteiger partial charge in [-0.1, -0.05) is 46.3 Å². The molecule has 2 N–H and O–H groups in total. The van der Waals surface area contributed by atoms with Gasteiger partial charge in [0.1, 0.15) is 11.9 Å².